The predicted octanol–water partition coefficient (Wildman–Crippen LogP) is 3.11. The second-order valence-corrected chi connectivity index (χ2v) is 4.49. The standard InChI is InChI=1S/C14H13ClN2O3.ClH/c1-17-11(10(15)8-16-17)4-6-12(18)9-3-5-13(19)14(7-9)20-2;/h3-8,19H,1-2H3;1H/b6-4+;. The largest absolute Gasteiger partial charge is 0.504 e. The maximum absolute atomic E-state index is 12.0. The Kier molecular flexibility index (Phi) is 5.81. The molecule has 0 amide bonds. The van der Waals surface area contributed by atoms with Crippen molar-refractivity contribution in [1.29, 1.82) is 0 Å². The van der Waals surface area contributed by atoms with Gasteiger partial charge in [0, 0.05) is 12.6 Å². The van der Waals surface area contributed by atoms with Crippen molar-refractivity contribution >= 4 is 35.9 Å². The molecule has 0 saturated carbocycles. The van der Waals surface area contributed by atoms with Gasteiger partial charge in [-0.15, -0.1) is 12.4 Å². The molecule has 0 atom stereocenters. The topological polar surface area (TPSA) is 64.3 Å². The second-order valence-electron chi connectivity index (χ2n) is 4.09. The number of ketones is 1. The normalized spacial score (nSPS) is 10.4. The Bertz CT molecular complexity index is 661. The summed E-state index contributed by atoms with van der Waals surface area (Å²) in [6, 6.07) is 4.42. The number of carbonyl (C=O) groups excluding carboxylic acids is 1. The van der Waals surface area contributed by atoms with Crippen LogP contribution >= 0.6 is 24.0 Å². The summed E-state index contributed by atoms with van der Waals surface area (Å²) in [5.41, 5.74) is 1.06. The molecule has 0 fully saturated rings. The van der Waals surface area contributed by atoms with Crippen LogP contribution in [0.1, 0.15) is 16.1 Å². The van der Waals surface area contributed by atoms with E-state index in [1.165, 1.54) is 37.6 Å². The first kappa shape index (κ1) is 17.1. The van der Waals surface area contributed by atoms with E-state index in [4.69, 9.17) is 16.3 Å². The number of allylic oxidation sites excluding steroid dienone is 1. The predicted molar refractivity (Wildman–Crippen MR) is 83.5 cm³/mol. The maximum atomic E-state index is 12.0. The lowest BCUT2D eigenvalue weighted by Crippen LogP contribution is -1.97. The molecule has 7 heteroatoms. The number of hydrogen-bond acceptors (Lipinski definition) is 4. The quantitative estimate of drug-likeness (QED) is 0.691. The fourth-order valence-electron chi connectivity index (χ4n) is 1.69. The van der Waals surface area contributed by atoms with E-state index in [2.05, 4.69) is 5.10 Å². The monoisotopic (exact) mass is 328 g/mol. The van der Waals surface area contributed by atoms with Crippen molar-refractivity contribution in [2.45, 2.75) is 0 Å². The van der Waals surface area contributed by atoms with Gasteiger partial charge in [-0.05, 0) is 30.4 Å². The minimum Gasteiger partial charge on any atom is -0.504 e. The molecule has 2 aromatic rings. The highest BCUT2D eigenvalue weighted by Gasteiger charge is 2.08. The molecule has 5 nitrogen and oxygen atoms in total. The molecule has 0 aliphatic carbocycles. The van der Waals surface area contributed by atoms with Crippen molar-refractivity contribution < 1.29 is 14.6 Å². The SMILES string of the molecule is COc1cc(C(=O)/C=C/c2c(Cl)cnn2C)ccc1O.Cl. The zero-order valence-electron chi connectivity index (χ0n) is 11.4. The van der Waals surface area contributed by atoms with E-state index in [0.717, 1.165) is 0 Å². The third-order valence-corrected chi connectivity index (χ3v) is 3.09. The van der Waals surface area contributed by atoms with Crippen LogP contribution in [0, 0.1) is 0 Å². The van der Waals surface area contributed by atoms with Gasteiger partial charge in [-0.25, -0.2) is 0 Å². The highest BCUT2D eigenvalue weighted by molar-refractivity contribution is 6.31. The minimum atomic E-state index is -0.222. The third-order valence-electron chi connectivity index (χ3n) is 2.79. The highest BCUT2D eigenvalue weighted by Crippen LogP contribution is 2.26. The van der Waals surface area contributed by atoms with Gasteiger partial charge in [0.05, 0.1) is 24.0 Å². The molecule has 1 heterocycles. The fraction of sp³-hybridized carbons (Fsp3) is 0.143. The summed E-state index contributed by atoms with van der Waals surface area (Å²) < 4.78 is 6.54. The Morgan fingerprint density at radius 2 is 2.19 bits per heavy atom. The maximum Gasteiger partial charge on any atom is 0.186 e. The van der Waals surface area contributed by atoms with E-state index < -0.39 is 0 Å². The summed E-state index contributed by atoms with van der Waals surface area (Å²) >= 11 is 5.94. The van der Waals surface area contributed by atoms with Crippen molar-refractivity contribution in [3.05, 3.63) is 46.8 Å². The van der Waals surface area contributed by atoms with Gasteiger partial charge in [0.15, 0.2) is 17.3 Å². The number of nitrogens with zero attached hydrogens (tertiary/aromatic N) is 2. The van der Waals surface area contributed by atoms with Crippen molar-refractivity contribution in [2.75, 3.05) is 7.11 Å². The molecule has 0 bridgehead atoms. The fourth-order valence-corrected chi connectivity index (χ4v) is 1.92. The number of aromatic hydroxyl groups is 1. The zero-order valence-corrected chi connectivity index (χ0v) is 13.0. The summed E-state index contributed by atoms with van der Waals surface area (Å²) in [6.07, 6.45) is 4.50. The van der Waals surface area contributed by atoms with Gasteiger partial charge in [-0.3, -0.25) is 9.48 Å². The minimum absolute atomic E-state index is 0. The third kappa shape index (κ3) is 3.77. The summed E-state index contributed by atoms with van der Waals surface area (Å²) in [6.45, 7) is 0. The van der Waals surface area contributed by atoms with Gasteiger partial charge in [-0.1, -0.05) is 11.6 Å². The van der Waals surface area contributed by atoms with E-state index in [1.807, 2.05) is 0 Å². The van der Waals surface area contributed by atoms with Gasteiger partial charge < -0.3 is 9.84 Å². The van der Waals surface area contributed by atoms with Crippen molar-refractivity contribution in [2.24, 2.45) is 7.05 Å². The van der Waals surface area contributed by atoms with Crippen molar-refractivity contribution in [3.8, 4) is 11.5 Å². The van der Waals surface area contributed by atoms with E-state index >= 15 is 0 Å². The van der Waals surface area contributed by atoms with Gasteiger partial charge in [0.2, 0.25) is 0 Å². The van der Waals surface area contributed by atoms with Crippen LogP contribution in [-0.4, -0.2) is 27.8 Å². The van der Waals surface area contributed by atoms with E-state index in [9.17, 15) is 9.90 Å². The number of carbonyl (C=O) groups is 1. The first-order chi connectivity index (χ1) is 9.52. The number of benzene rings is 1. The Morgan fingerprint density at radius 3 is 2.76 bits per heavy atom. The molecule has 21 heavy (non-hydrogen) atoms. The molecular weight excluding hydrogens is 315 g/mol. The summed E-state index contributed by atoms with van der Waals surface area (Å²) in [5, 5.41) is 13.9. The number of methoxy groups -OCH3 is 1. The van der Waals surface area contributed by atoms with Crippen molar-refractivity contribution in [3.63, 3.8) is 0 Å². The lowest BCUT2D eigenvalue weighted by molar-refractivity contribution is 0.104. The number of phenolic OH excluding ortho intramolecular Hbond substituents is 1. The van der Waals surface area contributed by atoms with Crippen LogP contribution < -0.4 is 4.74 Å². The highest BCUT2D eigenvalue weighted by atomic mass is 35.5. The van der Waals surface area contributed by atoms with Crippen LogP contribution in [-0.2, 0) is 7.05 Å². The Balaban J connectivity index is 0.00000220. The molecule has 0 aliphatic heterocycles. The Hall–Kier alpha value is -1.98. The molecule has 0 aliphatic rings. The molecule has 2 rings (SSSR count). The second kappa shape index (κ2) is 7.15. The number of hydrogen-bond donors (Lipinski definition) is 1. The number of aromatic nitrogens is 2. The number of rotatable bonds is 4. The smallest absolute Gasteiger partial charge is 0.186 e. The molecule has 1 aromatic carbocycles. The van der Waals surface area contributed by atoms with Crippen LogP contribution in [0.25, 0.3) is 6.08 Å². The van der Waals surface area contributed by atoms with Gasteiger partial charge in [0.25, 0.3) is 0 Å². The van der Waals surface area contributed by atoms with Crippen LogP contribution in [0.2, 0.25) is 5.02 Å². The average molecular weight is 329 g/mol. The van der Waals surface area contributed by atoms with Gasteiger partial charge in [0.1, 0.15) is 0 Å². The Morgan fingerprint density at radius 1 is 1.48 bits per heavy atom. The van der Waals surface area contributed by atoms with Gasteiger partial charge in [-0.2, -0.15) is 5.10 Å². The number of halogens is 2. The molecule has 1 N–H and O–H groups in total. The van der Waals surface area contributed by atoms with Crippen LogP contribution in [0.15, 0.2) is 30.5 Å². The lowest BCUT2D eigenvalue weighted by atomic mass is 10.1. The summed E-state index contributed by atoms with van der Waals surface area (Å²) in [5.74, 6) is 0.0195. The summed E-state index contributed by atoms with van der Waals surface area (Å²) in [4.78, 5) is 12.0. The van der Waals surface area contributed by atoms with Gasteiger partial charge >= 0.3 is 0 Å². The summed E-state index contributed by atoms with van der Waals surface area (Å²) in [7, 11) is 3.16. The number of aryl methyl sites for hydroxylation is 1. The number of phenols is 1. The van der Waals surface area contributed by atoms with E-state index in [-0.39, 0.29) is 29.7 Å². The van der Waals surface area contributed by atoms with E-state index in [1.54, 1.807) is 17.8 Å². The molecule has 112 valence electrons. The molecule has 0 saturated heterocycles. The number of ether oxygens (including phenoxy) is 1. The lowest BCUT2D eigenvalue weighted by Gasteiger charge is -2.04. The van der Waals surface area contributed by atoms with E-state index in [0.29, 0.717) is 16.3 Å². The van der Waals surface area contributed by atoms with Crippen LogP contribution in [0.4, 0.5) is 0 Å². The Labute approximate surface area is 133 Å². The van der Waals surface area contributed by atoms with Crippen LogP contribution in [0.5, 0.6) is 11.5 Å². The van der Waals surface area contributed by atoms with Crippen molar-refractivity contribution in [1.82, 2.24) is 9.78 Å². The van der Waals surface area contributed by atoms with Crippen LogP contribution in [0.3, 0.4) is 0 Å². The zero-order chi connectivity index (χ0) is 14.7. The molecule has 0 radical (unpaired) electrons. The molecule has 1 aromatic heterocycles. The average Bonchev–Trinajstić information content (AvgIpc) is 2.76. The molecular formula is C14H14Cl2N2O3. The molecule has 0 spiro atoms. The first-order valence-corrected chi connectivity index (χ1v) is 6.17. The molecule has 0 unspecified atom stereocenters. The first-order valence-electron chi connectivity index (χ1n) is 5.80.